The Labute approximate surface area is 193 Å². The minimum Gasteiger partial charge on any atom is -0.478 e. The zero-order valence-electron chi connectivity index (χ0n) is 17.4. The number of nitrogens with one attached hydrogen (secondary N) is 2. The van der Waals surface area contributed by atoms with E-state index in [0.717, 1.165) is 0 Å². The topological polar surface area (TPSA) is 118 Å². The van der Waals surface area contributed by atoms with Gasteiger partial charge in [0.25, 0.3) is 0 Å². The predicted octanol–water partition coefficient (Wildman–Crippen LogP) is 4.63. The monoisotopic (exact) mass is 466 g/mol. The summed E-state index contributed by atoms with van der Waals surface area (Å²) in [4.78, 5) is 36.6. The van der Waals surface area contributed by atoms with Gasteiger partial charge in [-0.2, -0.15) is 0 Å². The summed E-state index contributed by atoms with van der Waals surface area (Å²) in [6.45, 7) is 1.85. The molecule has 2 aromatic carbocycles. The van der Waals surface area contributed by atoms with Crippen LogP contribution in [0.5, 0.6) is 0 Å². The van der Waals surface area contributed by atoms with E-state index < -0.39 is 24.0 Å². The normalized spacial score (nSPS) is 15.6. The van der Waals surface area contributed by atoms with Crippen molar-refractivity contribution >= 4 is 35.3 Å². The van der Waals surface area contributed by atoms with Crippen molar-refractivity contribution in [1.29, 1.82) is 0 Å². The molecule has 8 nitrogen and oxygen atoms in total. The molecular formula is C24H19ClN2O6. The number of carboxylic acid groups (broad SMARTS) is 1. The van der Waals surface area contributed by atoms with Crippen LogP contribution in [0.15, 0.2) is 70.7 Å². The highest BCUT2D eigenvalue weighted by Crippen LogP contribution is 2.35. The number of urea groups is 1. The Bertz CT molecular complexity index is 1260. The number of rotatable bonds is 6. The quantitative estimate of drug-likeness (QED) is 0.456. The van der Waals surface area contributed by atoms with Gasteiger partial charge >= 0.3 is 18.0 Å². The molecule has 4 rings (SSSR count). The van der Waals surface area contributed by atoms with Crippen molar-refractivity contribution in [1.82, 2.24) is 10.6 Å². The molecule has 2 heterocycles. The summed E-state index contributed by atoms with van der Waals surface area (Å²) < 4.78 is 11.2. The summed E-state index contributed by atoms with van der Waals surface area (Å²) in [7, 11) is 0. The second-order valence-corrected chi connectivity index (χ2v) is 7.52. The Morgan fingerprint density at radius 2 is 1.85 bits per heavy atom. The van der Waals surface area contributed by atoms with Crippen LogP contribution < -0.4 is 10.6 Å². The van der Waals surface area contributed by atoms with Crippen LogP contribution in [0, 0.1) is 0 Å². The van der Waals surface area contributed by atoms with Crippen LogP contribution >= 0.6 is 11.6 Å². The molecule has 3 aromatic rings. The molecule has 0 saturated heterocycles. The number of aromatic carboxylic acids is 1. The highest BCUT2D eigenvalue weighted by atomic mass is 35.5. The van der Waals surface area contributed by atoms with Crippen molar-refractivity contribution in [3.8, 4) is 11.3 Å². The summed E-state index contributed by atoms with van der Waals surface area (Å²) >= 11 is 6.08. The maximum atomic E-state index is 12.9. The number of carbonyl (C=O) groups is 3. The van der Waals surface area contributed by atoms with Gasteiger partial charge < -0.3 is 24.9 Å². The number of carbonyl (C=O) groups excluding carboxylic acids is 2. The first-order valence-corrected chi connectivity index (χ1v) is 10.4. The molecule has 1 aromatic heterocycles. The number of benzene rings is 2. The van der Waals surface area contributed by atoms with Crippen molar-refractivity contribution in [3.05, 3.63) is 88.1 Å². The zero-order chi connectivity index (χ0) is 23.5. The first-order chi connectivity index (χ1) is 15.9. The van der Waals surface area contributed by atoms with Gasteiger partial charge in [0.1, 0.15) is 17.6 Å². The van der Waals surface area contributed by atoms with E-state index in [1.807, 2.05) is 6.07 Å². The van der Waals surface area contributed by atoms with Crippen molar-refractivity contribution in [2.45, 2.75) is 13.0 Å². The molecule has 0 aliphatic carbocycles. The molecular weight excluding hydrogens is 448 g/mol. The first-order valence-electron chi connectivity index (χ1n) is 10.1. The fourth-order valence-electron chi connectivity index (χ4n) is 3.54. The third kappa shape index (κ3) is 4.47. The van der Waals surface area contributed by atoms with Gasteiger partial charge in [-0.3, -0.25) is 0 Å². The molecule has 9 heteroatoms. The minimum atomic E-state index is -1.14. The average Bonchev–Trinajstić information content (AvgIpc) is 3.29. The molecule has 3 N–H and O–H groups in total. The number of halogens is 1. The van der Waals surface area contributed by atoms with E-state index in [4.69, 9.17) is 25.9 Å². The molecule has 168 valence electrons. The minimum absolute atomic E-state index is 0.0298. The molecule has 0 saturated carbocycles. The largest absolute Gasteiger partial charge is 0.478 e. The molecule has 0 spiro atoms. The molecule has 0 fully saturated rings. The molecule has 1 atom stereocenters. The Hall–Kier alpha value is -4.04. The SMILES string of the molecule is CCOC(=O)C1=C(c2ccccc2)NC(=O)N[C@H]1c1ccc(-c2ccc(C(=O)O)c(Cl)c2)o1. The van der Waals surface area contributed by atoms with E-state index in [0.29, 0.717) is 28.3 Å². The third-order valence-electron chi connectivity index (χ3n) is 5.03. The van der Waals surface area contributed by atoms with Crippen LogP contribution in [0.2, 0.25) is 5.02 Å². The van der Waals surface area contributed by atoms with Crippen LogP contribution in [-0.2, 0) is 9.53 Å². The fourth-order valence-corrected chi connectivity index (χ4v) is 3.81. The fraction of sp³-hybridized carbons (Fsp3) is 0.125. The summed E-state index contributed by atoms with van der Waals surface area (Å²) in [5.74, 6) is -1.04. The van der Waals surface area contributed by atoms with Crippen LogP contribution in [0.25, 0.3) is 17.0 Å². The van der Waals surface area contributed by atoms with E-state index in [9.17, 15) is 14.4 Å². The Morgan fingerprint density at radius 3 is 2.52 bits per heavy atom. The van der Waals surface area contributed by atoms with Crippen LogP contribution in [0.3, 0.4) is 0 Å². The molecule has 0 bridgehead atoms. The van der Waals surface area contributed by atoms with E-state index in [1.54, 1.807) is 49.4 Å². The number of carboxylic acids is 1. The number of furan rings is 1. The Morgan fingerprint density at radius 1 is 1.09 bits per heavy atom. The van der Waals surface area contributed by atoms with Crippen molar-refractivity contribution in [2.24, 2.45) is 0 Å². The second-order valence-electron chi connectivity index (χ2n) is 7.11. The lowest BCUT2D eigenvalue weighted by Gasteiger charge is -2.28. The number of esters is 1. The highest BCUT2D eigenvalue weighted by molar-refractivity contribution is 6.33. The predicted molar refractivity (Wildman–Crippen MR) is 121 cm³/mol. The molecule has 1 aliphatic rings. The number of amides is 2. The van der Waals surface area contributed by atoms with Gasteiger partial charge in [-0.1, -0.05) is 48.0 Å². The van der Waals surface area contributed by atoms with Crippen LogP contribution in [0.4, 0.5) is 4.79 Å². The smallest absolute Gasteiger partial charge is 0.338 e. The number of hydrogen-bond acceptors (Lipinski definition) is 5. The molecule has 33 heavy (non-hydrogen) atoms. The van der Waals surface area contributed by atoms with Crippen molar-refractivity contribution in [2.75, 3.05) is 6.61 Å². The van der Waals surface area contributed by atoms with Crippen molar-refractivity contribution < 1.29 is 28.6 Å². The van der Waals surface area contributed by atoms with E-state index in [2.05, 4.69) is 10.6 Å². The third-order valence-corrected chi connectivity index (χ3v) is 5.34. The van der Waals surface area contributed by atoms with Crippen LogP contribution in [-0.4, -0.2) is 29.7 Å². The van der Waals surface area contributed by atoms with Crippen molar-refractivity contribution in [3.63, 3.8) is 0 Å². The van der Waals surface area contributed by atoms with Gasteiger partial charge in [-0.15, -0.1) is 0 Å². The summed E-state index contributed by atoms with van der Waals surface area (Å²) in [5, 5.41) is 14.6. The number of ether oxygens (including phenoxy) is 1. The van der Waals surface area contributed by atoms with Gasteiger partial charge in [-0.05, 0) is 36.8 Å². The maximum absolute atomic E-state index is 12.9. The summed E-state index contributed by atoms with van der Waals surface area (Å²) in [5.41, 5.74) is 1.68. The van der Waals surface area contributed by atoms with Gasteiger partial charge in [0.2, 0.25) is 0 Å². The lowest BCUT2D eigenvalue weighted by Crippen LogP contribution is -2.45. The van der Waals surface area contributed by atoms with Gasteiger partial charge in [0.15, 0.2) is 0 Å². The molecule has 0 unspecified atom stereocenters. The standard InChI is InChI=1S/C24H19ClN2O6/c1-2-32-23(30)19-20(13-6-4-3-5-7-13)26-24(31)27-21(19)18-11-10-17(33-18)14-8-9-15(22(28)29)16(25)12-14/h3-12,21H,2H2,1H3,(H,28,29)(H2,26,27,31)/t21-/m0/s1. The summed E-state index contributed by atoms with van der Waals surface area (Å²) in [6, 6.07) is 15.3. The van der Waals surface area contributed by atoms with Gasteiger partial charge in [0.05, 0.1) is 28.5 Å². The van der Waals surface area contributed by atoms with Crippen LogP contribution in [0.1, 0.15) is 34.6 Å². The molecule has 2 amide bonds. The Kier molecular flexibility index (Phi) is 6.19. The lowest BCUT2D eigenvalue weighted by molar-refractivity contribution is -0.138. The number of hydrogen-bond donors (Lipinski definition) is 3. The average molecular weight is 467 g/mol. The van der Waals surface area contributed by atoms with Gasteiger partial charge in [0, 0.05) is 5.56 Å². The lowest BCUT2D eigenvalue weighted by atomic mass is 9.96. The maximum Gasteiger partial charge on any atom is 0.338 e. The first kappa shape index (κ1) is 22.2. The molecule has 0 radical (unpaired) electrons. The van der Waals surface area contributed by atoms with Gasteiger partial charge in [-0.25, -0.2) is 14.4 Å². The van der Waals surface area contributed by atoms with E-state index >= 15 is 0 Å². The summed E-state index contributed by atoms with van der Waals surface area (Å²) in [6.07, 6.45) is 0. The Balaban J connectivity index is 1.78. The molecule has 1 aliphatic heterocycles. The van der Waals surface area contributed by atoms with E-state index in [-0.39, 0.29) is 22.8 Å². The second kappa shape index (κ2) is 9.22. The highest BCUT2D eigenvalue weighted by Gasteiger charge is 2.36. The zero-order valence-corrected chi connectivity index (χ0v) is 18.2. The van der Waals surface area contributed by atoms with E-state index in [1.165, 1.54) is 12.1 Å².